The smallest absolute Gasteiger partial charge is 0.462 e. The highest BCUT2D eigenvalue weighted by molar-refractivity contribution is 7.47. The van der Waals surface area contributed by atoms with Crippen molar-refractivity contribution < 1.29 is 66.7 Å². The molecule has 344 valence electrons. The van der Waals surface area contributed by atoms with E-state index in [1.54, 1.807) is 6.08 Å². The summed E-state index contributed by atoms with van der Waals surface area (Å²) in [4.78, 5) is 52.7. The lowest BCUT2D eigenvalue weighted by Crippen LogP contribution is -2.30. The number of hydrogen-bond donors (Lipinski definition) is 5. The number of hydrogen-bond acceptors (Lipinski definition) is 11. The Balaban J connectivity index is 4.67. The molecule has 5 N–H and O–H groups in total. The number of carbonyl (C=O) groups excluding carboxylic acids is 2. The molecule has 16 heteroatoms. The van der Waals surface area contributed by atoms with Crippen molar-refractivity contribution in [2.75, 3.05) is 26.4 Å². The Bertz CT molecular complexity index is 1260. The molecule has 59 heavy (non-hydrogen) atoms. The van der Waals surface area contributed by atoms with Crippen LogP contribution in [0, 0.1) is 5.92 Å². The fourth-order valence-electron chi connectivity index (χ4n) is 5.57. The van der Waals surface area contributed by atoms with Gasteiger partial charge in [-0.25, -0.2) is 9.13 Å². The Morgan fingerprint density at radius 2 is 1.22 bits per heavy atom. The van der Waals surface area contributed by atoms with Gasteiger partial charge in [0.05, 0.1) is 25.9 Å². The first-order chi connectivity index (χ1) is 28.2. The summed E-state index contributed by atoms with van der Waals surface area (Å²) in [6.45, 7) is 3.90. The predicted molar refractivity (Wildman–Crippen MR) is 231 cm³/mol. The van der Waals surface area contributed by atoms with Gasteiger partial charge in [-0.2, -0.15) is 0 Å². The van der Waals surface area contributed by atoms with E-state index in [4.69, 9.17) is 23.8 Å². The predicted octanol–water partition coefficient (Wildman–Crippen LogP) is 9.89. The summed E-state index contributed by atoms with van der Waals surface area (Å²) in [5.41, 5.74) is 0. The van der Waals surface area contributed by atoms with Crippen LogP contribution in [-0.2, 0) is 41.8 Å². The van der Waals surface area contributed by atoms with Gasteiger partial charge < -0.3 is 34.4 Å². The van der Waals surface area contributed by atoms with Gasteiger partial charge in [0.15, 0.2) is 6.10 Å². The second-order valence-electron chi connectivity index (χ2n) is 15.1. The van der Waals surface area contributed by atoms with Gasteiger partial charge in [0.1, 0.15) is 12.7 Å². The van der Waals surface area contributed by atoms with E-state index in [1.165, 1.54) is 64.2 Å². The molecule has 0 heterocycles. The molecule has 0 aromatic heterocycles. The Morgan fingerprint density at radius 1 is 0.627 bits per heavy atom. The van der Waals surface area contributed by atoms with E-state index >= 15 is 0 Å². The molecule has 0 saturated carbocycles. The first-order valence-electron chi connectivity index (χ1n) is 21.8. The number of phosphoric acid groups is 2. The van der Waals surface area contributed by atoms with E-state index < -0.39 is 72.3 Å². The van der Waals surface area contributed by atoms with Crippen molar-refractivity contribution in [2.24, 2.45) is 5.92 Å². The quantitative estimate of drug-likeness (QED) is 0.0127. The molecule has 0 saturated heterocycles. The van der Waals surface area contributed by atoms with Crippen LogP contribution in [0.25, 0.3) is 0 Å². The number of aliphatic hydroxyl groups is 2. The third-order valence-corrected chi connectivity index (χ3v) is 10.8. The number of phosphoric ester groups is 2. The van der Waals surface area contributed by atoms with Crippen molar-refractivity contribution in [1.82, 2.24) is 0 Å². The van der Waals surface area contributed by atoms with Crippen LogP contribution in [0.3, 0.4) is 0 Å². The van der Waals surface area contributed by atoms with Gasteiger partial charge in [0.2, 0.25) is 0 Å². The van der Waals surface area contributed by atoms with Crippen LogP contribution in [0.15, 0.2) is 48.6 Å². The van der Waals surface area contributed by atoms with Crippen LogP contribution in [0.4, 0.5) is 0 Å². The molecule has 0 aromatic carbocycles. The van der Waals surface area contributed by atoms with Crippen LogP contribution >= 0.6 is 15.6 Å². The maximum Gasteiger partial charge on any atom is 0.472 e. The molecule has 5 atom stereocenters. The van der Waals surface area contributed by atoms with Crippen LogP contribution in [0.5, 0.6) is 0 Å². The van der Waals surface area contributed by atoms with Gasteiger partial charge in [-0.3, -0.25) is 23.2 Å². The topological polar surface area (TPSA) is 216 Å². The van der Waals surface area contributed by atoms with Gasteiger partial charge in [0.25, 0.3) is 0 Å². The normalized spacial score (nSPS) is 15.6. The van der Waals surface area contributed by atoms with Crippen molar-refractivity contribution >= 4 is 27.6 Å². The number of aliphatic hydroxyl groups excluding tert-OH is 2. The van der Waals surface area contributed by atoms with Crippen molar-refractivity contribution in [3.8, 4) is 0 Å². The van der Waals surface area contributed by atoms with Crippen molar-refractivity contribution in [3.63, 3.8) is 0 Å². The van der Waals surface area contributed by atoms with Gasteiger partial charge in [-0.1, -0.05) is 153 Å². The average molecular weight is 881 g/mol. The number of carbonyl (C=O) groups is 2. The largest absolute Gasteiger partial charge is 0.472 e. The van der Waals surface area contributed by atoms with Crippen molar-refractivity contribution in [1.29, 1.82) is 0 Å². The van der Waals surface area contributed by atoms with E-state index in [-0.39, 0.29) is 12.8 Å². The molecule has 14 nitrogen and oxygen atoms in total. The number of allylic oxidation sites excluding steroid dienone is 6. The Hall–Kier alpha value is -1.96. The first-order valence-corrected chi connectivity index (χ1v) is 24.9. The third kappa shape index (κ3) is 41.2. The highest BCUT2D eigenvalue weighted by Crippen LogP contribution is 2.43. The molecule has 0 fully saturated rings. The van der Waals surface area contributed by atoms with Crippen molar-refractivity contribution in [3.05, 3.63) is 48.6 Å². The fourth-order valence-corrected chi connectivity index (χ4v) is 6.73. The molecular formula is C43H78O14P2. The van der Waals surface area contributed by atoms with Crippen LogP contribution in [0.2, 0.25) is 0 Å². The number of ether oxygens (including phenoxy) is 2. The van der Waals surface area contributed by atoms with Crippen molar-refractivity contribution in [2.45, 2.75) is 180 Å². The van der Waals surface area contributed by atoms with Gasteiger partial charge in [-0.05, 0) is 50.9 Å². The zero-order valence-electron chi connectivity index (χ0n) is 36.1. The summed E-state index contributed by atoms with van der Waals surface area (Å²) in [5, 5.41) is 19.8. The lowest BCUT2D eigenvalue weighted by Gasteiger charge is -2.20. The second kappa shape index (κ2) is 37.8. The summed E-state index contributed by atoms with van der Waals surface area (Å²) in [7, 11) is -9.71. The summed E-state index contributed by atoms with van der Waals surface area (Å²) < 4.78 is 47.7. The molecular weight excluding hydrogens is 802 g/mol. The highest BCUT2D eigenvalue weighted by atomic mass is 31.2. The third-order valence-electron chi connectivity index (χ3n) is 9.33. The summed E-state index contributed by atoms with van der Waals surface area (Å²) in [6.07, 6.45) is 32.8. The minimum Gasteiger partial charge on any atom is -0.462 e. The second-order valence-corrected chi connectivity index (χ2v) is 17.8. The maximum absolute atomic E-state index is 12.7. The minimum absolute atomic E-state index is 0.0850. The lowest BCUT2D eigenvalue weighted by molar-refractivity contribution is -0.161. The molecule has 0 radical (unpaired) electrons. The molecule has 2 unspecified atom stereocenters. The molecule has 0 aliphatic carbocycles. The molecule has 0 rings (SSSR count). The average Bonchev–Trinajstić information content (AvgIpc) is 3.19. The summed E-state index contributed by atoms with van der Waals surface area (Å²) in [5.74, 6) is -0.327. The Morgan fingerprint density at radius 3 is 1.88 bits per heavy atom. The van der Waals surface area contributed by atoms with Gasteiger partial charge >= 0.3 is 27.6 Å². The zero-order valence-corrected chi connectivity index (χ0v) is 37.9. The number of esters is 2. The molecule has 0 aromatic rings. The molecule has 0 aliphatic rings. The molecule has 0 spiro atoms. The molecule has 0 bridgehead atoms. The van der Waals surface area contributed by atoms with Crippen LogP contribution in [-0.4, -0.2) is 81.6 Å². The molecule has 0 aliphatic heterocycles. The Labute approximate surface area is 354 Å². The fraction of sp³-hybridized carbons (Fsp3) is 0.767. The van der Waals surface area contributed by atoms with E-state index in [9.17, 15) is 33.8 Å². The maximum atomic E-state index is 12.7. The first kappa shape index (κ1) is 57.0. The van der Waals surface area contributed by atoms with E-state index in [2.05, 4.69) is 35.9 Å². The lowest BCUT2D eigenvalue weighted by atomic mass is 9.99. The monoisotopic (exact) mass is 880 g/mol. The van der Waals surface area contributed by atoms with E-state index in [1.807, 2.05) is 36.5 Å². The standard InChI is InChI=1S/C43H78O14P2/c1-4-6-7-8-14-20-25-30-39(44)31-26-21-16-13-18-22-27-32-42(46)53-36-41(37-56-59(51,52)55-35-40(45)34-54-58(48,49)50)57-43(47)33-28-23-17-12-10-9-11-15-19-24-29-38(3)5-2/h13-14,18,20-21,25-26,30,38-41,44-45H,4-12,15-17,19,22-24,27-29,31-37H2,1-3H3,(H,51,52)(H2,48,49,50)/b18-13+,20-14-,26-21-,30-25-/t38?,39-,40+,41-/m1/s1. The van der Waals surface area contributed by atoms with E-state index in [0.29, 0.717) is 32.1 Å². The highest BCUT2D eigenvalue weighted by Gasteiger charge is 2.28. The number of unbranched alkanes of at least 4 members (excludes halogenated alkanes) is 13. The van der Waals surface area contributed by atoms with Gasteiger partial charge in [-0.15, -0.1) is 0 Å². The minimum atomic E-state index is -4.87. The number of rotatable bonds is 40. The van der Waals surface area contributed by atoms with Crippen LogP contribution < -0.4 is 0 Å². The zero-order chi connectivity index (χ0) is 44.0. The summed E-state index contributed by atoms with van der Waals surface area (Å²) in [6, 6.07) is 0. The SMILES string of the molecule is CCCCC/C=C\C=C/[C@@H](O)C/C=C\C/C=C/CCCC(=O)OC[C@H](COP(=O)(O)OC[C@@H](O)COP(=O)(O)O)OC(=O)CCCCCCCCCCCCC(C)CC. The van der Waals surface area contributed by atoms with Crippen LogP contribution in [0.1, 0.15) is 162 Å². The summed E-state index contributed by atoms with van der Waals surface area (Å²) >= 11 is 0. The van der Waals surface area contributed by atoms with E-state index in [0.717, 1.165) is 38.0 Å². The van der Waals surface area contributed by atoms with Gasteiger partial charge in [0, 0.05) is 12.8 Å². The Kier molecular flexibility index (Phi) is 36.5. The molecule has 0 amide bonds.